The number of rotatable bonds is 7. The Hall–Kier alpha value is -2.67. The molecule has 0 atom stereocenters. The molecule has 1 saturated heterocycles. The van der Waals surface area contributed by atoms with Crippen molar-refractivity contribution in [3.63, 3.8) is 0 Å². The predicted molar refractivity (Wildman–Crippen MR) is 137 cm³/mol. The average Bonchev–Trinajstić information content (AvgIpc) is 3.18. The second-order valence-electron chi connectivity index (χ2n) is 9.62. The number of anilines is 1. The first-order valence-electron chi connectivity index (χ1n) is 12.4. The lowest BCUT2D eigenvalue weighted by Gasteiger charge is -2.41. The average molecular weight is 578 g/mol. The highest BCUT2D eigenvalue weighted by Crippen LogP contribution is 2.40. The van der Waals surface area contributed by atoms with E-state index in [4.69, 9.17) is 24.8 Å². The maximum absolute atomic E-state index is 12.9. The molecule has 2 fully saturated rings. The Balaban J connectivity index is 0.00000127. The normalized spacial score (nSPS) is 19.7. The van der Waals surface area contributed by atoms with Gasteiger partial charge in [-0.25, -0.2) is 4.98 Å². The summed E-state index contributed by atoms with van der Waals surface area (Å²) in [5.41, 5.74) is 1.14. The van der Waals surface area contributed by atoms with Crippen LogP contribution in [0.1, 0.15) is 50.0 Å². The van der Waals surface area contributed by atoms with E-state index in [9.17, 15) is 18.0 Å². The van der Waals surface area contributed by atoms with Crippen molar-refractivity contribution in [1.82, 2.24) is 20.1 Å². The minimum absolute atomic E-state index is 0.134. The fourth-order valence-corrected chi connectivity index (χ4v) is 5.07. The molecule has 1 aliphatic carbocycles. The van der Waals surface area contributed by atoms with Crippen molar-refractivity contribution >= 4 is 34.9 Å². The lowest BCUT2D eigenvalue weighted by atomic mass is 9.83. The molecule has 1 amide bonds. The minimum atomic E-state index is -4.21. The molecular formula is C24H31ClF3N5O4S. The van der Waals surface area contributed by atoms with E-state index in [0.29, 0.717) is 41.8 Å². The molecule has 0 bridgehead atoms. The maximum Gasteiger partial charge on any atom is 0.395 e. The van der Waals surface area contributed by atoms with Gasteiger partial charge in [0.25, 0.3) is 5.91 Å². The first-order valence-corrected chi connectivity index (χ1v) is 13.4. The smallest absolute Gasteiger partial charge is 0.395 e. The lowest BCUT2D eigenvalue weighted by Crippen LogP contribution is -2.53. The number of carbonyl (C=O) groups excluding carboxylic acids is 1. The molecule has 1 saturated carbocycles. The molecule has 4 rings (SSSR count). The van der Waals surface area contributed by atoms with Crippen molar-refractivity contribution in [2.45, 2.75) is 52.3 Å². The van der Waals surface area contributed by atoms with E-state index in [0.717, 1.165) is 18.8 Å². The monoisotopic (exact) mass is 577 g/mol. The Morgan fingerprint density at radius 3 is 2.42 bits per heavy atom. The second kappa shape index (κ2) is 12.9. The Labute approximate surface area is 227 Å². The predicted octanol–water partition coefficient (Wildman–Crippen LogP) is 4.51. The van der Waals surface area contributed by atoms with Crippen molar-refractivity contribution in [2.75, 3.05) is 31.6 Å². The third-order valence-electron chi connectivity index (χ3n) is 7.09. The number of halogens is 4. The van der Waals surface area contributed by atoms with E-state index < -0.39 is 23.7 Å². The van der Waals surface area contributed by atoms with Crippen LogP contribution in [0.15, 0.2) is 12.3 Å². The number of amides is 1. The van der Waals surface area contributed by atoms with Gasteiger partial charge in [0.2, 0.25) is 0 Å². The summed E-state index contributed by atoms with van der Waals surface area (Å²) in [6.07, 6.45) is 1.84. The van der Waals surface area contributed by atoms with Gasteiger partial charge >= 0.3 is 17.7 Å². The van der Waals surface area contributed by atoms with Gasteiger partial charge in [-0.15, -0.1) is 0 Å². The standard InChI is InChI=1S/C24H31ClF3N5O2.O2S/c1-4-33-22(20(25)21(31-33)23(34)30-10-15-7-5-14(2)6-8-15)17-11-29-19(9-18(17)35-3)32-12-16(13-32)24(26,27)28;1-3-2/h9,11,14-16H,4-8,10,12-13H2,1-3H3,(H,30,34);. The molecule has 0 unspecified atom stereocenters. The van der Waals surface area contributed by atoms with Crippen LogP contribution in [-0.2, 0) is 18.1 Å². The van der Waals surface area contributed by atoms with Crippen LogP contribution in [0.2, 0.25) is 5.02 Å². The zero-order valence-corrected chi connectivity index (χ0v) is 23.0. The molecule has 2 aromatic rings. The molecular weight excluding hydrogens is 547 g/mol. The van der Waals surface area contributed by atoms with Gasteiger partial charge in [-0.05, 0) is 31.6 Å². The highest BCUT2D eigenvalue weighted by molar-refractivity contribution is 7.51. The summed E-state index contributed by atoms with van der Waals surface area (Å²) in [5.74, 6) is 0.293. The van der Waals surface area contributed by atoms with Gasteiger partial charge < -0.3 is 15.0 Å². The number of ether oxygens (including phenoxy) is 1. The summed E-state index contributed by atoms with van der Waals surface area (Å²) < 4.78 is 62.3. The van der Waals surface area contributed by atoms with Crippen LogP contribution < -0.4 is 15.0 Å². The van der Waals surface area contributed by atoms with Crippen LogP contribution >= 0.6 is 11.6 Å². The molecule has 14 heteroatoms. The van der Waals surface area contributed by atoms with E-state index in [2.05, 4.69) is 22.3 Å². The number of hydrogen-bond acceptors (Lipinski definition) is 7. The third-order valence-corrected chi connectivity index (χ3v) is 7.45. The van der Waals surface area contributed by atoms with E-state index in [1.165, 1.54) is 26.1 Å². The topological polar surface area (TPSA) is 106 Å². The molecule has 1 aliphatic heterocycles. The minimum Gasteiger partial charge on any atom is -0.496 e. The van der Waals surface area contributed by atoms with Gasteiger partial charge in [-0.2, -0.15) is 26.7 Å². The summed E-state index contributed by atoms with van der Waals surface area (Å²) in [7, 11) is 1.47. The highest BCUT2D eigenvalue weighted by Gasteiger charge is 2.47. The van der Waals surface area contributed by atoms with Gasteiger partial charge in [-0.1, -0.05) is 31.4 Å². The molecule has 210 valence electrons. The lowest BCUT2D eigenvalue weighted by molar-refractivity contribution is -0.180. The van der Waals surface area contributed by atoms with Crippen LogP contribution in [0.3, 0.4) is 0 Å². The van der Waals surface area contributed by atoms with Crippen molar-refractivity contribution in [2.24, 2.45) is 17.8 Å². The third kappa shape index (κ3) is 6.85. The Morgan fingerprint density at radius 2 is 1.87 bits per heavy atom. The van der Waals surface area contributed by atoms with Crippen molar-refractivity contribution in [3.05, 3.63) is 23.0 Å². The van der Waals surface area contributed by atoms with Gasteiger partial charge in [-0.3, -0.25) is 9.48 Å². The van der Waals surface area contributed by atoms with E-state index in [-0.39, 0.29) is 29.7 Å². The molecule has 0 spiro atoms. The number of carbonyl (C=O) groups is 1. The van der Waals surface area contributed by atoms with Crippen LogP contribution in [-0.4, -0.2) is 62.0 Å². The summed E-state index contributed by atoms with van der Waals surface area (Å²) in [6.45, 7) is 4.89. The fourth-order valence-electron chi connectivity index (χ4n) is 4.74. The highest BCUT2D eigenvalue weighted by atomic mass is 35.5. The fraction of sp³-hybridized carbons (Fsp3) is 0.625. The number of hydrogen-bond donors (Lipinski definition) is 1. The number of nitrogens with one attached hydrogen (secondary N) is 1. The molecule has 9 nitrogen and oxygen atoms in total. The SMILES string of the molecule is CCn1nc(C(=O)NCC2CCC(C)CC2)c(Cl)c1-c1cnc(N2CC(C(F)(F)F)C2)cc1OC.O=S=O. The van der Waals surface area contributed by atoms with E-state index >= 15 is 0 Å². The largest absolute Gasteiger partial charge is 0.496 e. The van der Waals surface area contributed by atoms with E-state index in [1.54, 1.807) is 15.6 Å². The number of aromatic nitrogens is 3. The van der Waals surface area contributed by atoms with Crippen LogP contribution in [0, 0.1) is 17.8 Å². The summed E-state index contributed by atoms with van der Waals surface area (Å²) in [5, 5.41) is 7.60. The zero-order valence-electron chi connectivity index (χ0n) is 21.4. The molecule has 0 radical (unpaired) electrons. The molecule has 1 N–H and O–H groups in total. The zero-order chi connectivity index (χ0) is 28.0. The van der Waals surface area contributed by atoms with Crippen LogP contribution in [0.5, 0.6) is 5.75 Å². The van der Waals surface area contributed by atoms with Gasteiger partial charge in [0.05, 0.1) is 29.3 Å². The Kier molecular flexibility index (Phi) is 10.2. The Morgan fingerprint density at radius 1 is 1.24 bits per heavy atom. The summed E-state index contributed by atoms with van der Waals surface area (Å²) in [4.78, 5) is 18.8. The van der Waals surface area contributed by atoms with Gasteiger partial charge in [0, 0.05) is 38.4 Å². The van der Waals surface area contributed by atoms with E-state index in [1.807, 2.05) is 6.92 Å². The number of alkyl halides is 3. The van der Waals surface area contributed by atoms with Crippen LogP contribution in [0.4, 0.5) is 19.0 Å². The van der Waals surface area contributed by atoms with Crippen molar-refractivity contribution < 1.29 is 31.1 Å². The van der Waals surface area contributed by atoms with Gasteiger partial charge in [0.15, 0.2) is 5.69 Å². The molecule has 2 aliphatic rings. The number of aryl methyl sites for hydroxylation is 1. The number of nitrogens with zero attached hydrogens (tertiary/aromatic N) is 4. The molecule has 2 aromatic heterocycles. The number of pyridine rings is 1. The van der Waals surface area contributed by atoms with Gasteiger partial charge in [0.1, 0.15) is 11.6 Å². The summed E-state index contributed by atoms with van der Waals surface area (Å²) in [6, 6.07) is 1.59. The molecule has 38 heavy (non-hydrogen) atoms. The first kappa shape index (κ1) is 29.9. The quantitative estimate of drug-likeness (QED) is 0.516. The molecule has 3 heterocycles. The van der Waals surface area contributed by atoms with Crippen molar-refractivity contribution in [1.29, 1.82) is 0 Å². The Bertz CT molecular complexity index is 1160. The molecule has 0 aromatic carbocycles. The number of methoxy groups -OCH3 is 1. The maximum atomic E-state index is 12.9. The first-order chi connectivity index (χ1) is 18.0. The second-order valence-corrected chi connectivity index (χ2v) is 10.1. The van der Waals surface area contributed by atoms with Crippen molar-refractivity contribution in [3.8, 4) is 17.0 Å². The van der Waals surface area contributed by atoms with Crippen LogP contribution in [0.25, 0.3) is 11.3 Å². The summed E-state index contributed by atoms with van der Waals surface area (Å²) >= 11 is 5.90.